The van der Waals surface area contributed by atoms with Crippen LogP contribution in [0.25, 0.3) is 5.57 Å². The van der Waals surface area contributed by atoms with Crippen molar-refractivity contribution in [1.82, 2.24) is 9.78 Å². The van der Waals surface area contributed by atoms with E-state index in [1.807, 2.05) is 41.5 Å². The second kappa shape index (κ2) is 10.1. The van der Waals surface area contributed by atoms with Gasteiger partial charge in [-0.05, 0) is 76.3 Å². The predicted octanol–water partition coefficient (Wildman–Crippen LogP) is 6.31. The molecule has 162 valence electrons. The fourth-order valence-corrected chi connectivity index (χ4v) is 3.77. The van der Waals surface area contributed by atoms with Crippen LogP contribution in [0, 0.1) is 13.8 Å². The number of hydrogen-bond acceptors (Lipinski definition) is 4. The van der Waals surface area contributed by atoms with E-state index in [-0.39, 0.29) is 24.1 Å². The van der Waals surface area contributed by atoms with Crippen LogP contribution in [0.15, 0.2) is 17.7 Å². The number of hydrogen-bond donors (Lipinski definition) is 0. The summed E-state index contributed by atoms with van der Waals surface area (Å²) >= 11 is 6.47. The fourth-order valence-electron chi connectivity index (χ4n) is 3.42. The van der Waals surface area contributed by atoms with Crippen molar-refractivity contribution in [3.05, 3.63) is 50.7 Å². The Morgan fingerprint density at radius 2 is 1.73 bits per heavy atom. The average molecular weight is 431 g/mol. The number of halogens is 1. The SMILES string of the molecule is CCCC(=O)Oc1c(C(=O)c2ccc(Cl)c(C(C)=C(C)C)c2C)c(C)nn1CCC. The molecule has 1 heterocycles. The van der Waals surface area contributed by atoms with Gasteiger partial charge < -0.3 is 4.74 Å². The van der Waals surface area contributed by atoms with E-state index in [1.165, 1.54) is 0 Å². The zero-order valence-electron chi connectivity index (χ0n) is 19.0. The third-order valence-electron chi connectivity index (χ3n) is 5.19. The normalized spacial score (nSPS) is 10.8. The van der Waals surface area contributed by atoms with Crippen LogP contribution in [-0.2, 0) is 11.3 Å². The van der Waals surface area contributed by atoms with Gasteiger partial charge in [0.15, 0.2) is 0 Å². The number of nitrogens with zero attached hydrogens (tertiary/aromatic N) is 2. The summed E-state index contributed by atoms with van der Waals surface area (Å²) in [5.74, 6) is -0.350. The number of ketones is 1. The molecule has 0 unspecified atom stereocenters. The number of aromatic nitrogens is 2. The van der Waals surface area contributed by atoms with Crippen LogP contribution in [0.2, 0.25) is 5.02 Å². The van der Waals surface area contributed by atoms with E-state index in [0.29, 0.717) is 34.8 Å². The maximum atomic E-state index is 13.6. The summed E-state index contributed by atoms with van der Waals surface area (Å²) < 4.78 is 7.23. The second-order valence-corrected chi connectivity index (χ2v) is 8.17. The van der Waals surface area contributed by atoms with Crippen molar-refractivity contribution in [1.29, 1.82) is 0 Å². The van der Waals surface area contributed by atoms with Crippen LogP contribution in [0.5, 0.6) is 5.88 Å². The fraction of sp³-hybridized carbons (Fsp3) is 0.458. The second-order valence-electron chi connectivity index (χ2n) is 7.76. The first-order valence-electron chi connectivity index (χ1n) is 10.4. The predicted molar refractivity (Wildman–Crippen MR) is 121 cm³/mol. The van der Waals surface area contributed by atoms with Crippen LogP contribution < -0.4 is 4.74 Å². The van der Waals surface area contributed by atoms with E-state index in [0.717, 1.165) is 28.7 Å². The number of esters is 1. The maximum absolute atomic E-state index is 13.6. The summed E-state index contributed by atoms with van der Waals surface area (Å²) in [5.41, 5.74) is 5.25. The van der Waals surface area contributed by atoms with Crippen molar-refractivity contribution in [2.75, 3.05) is 0 Å². The van der Waals surface area contributed by atoms with Crippen molar-refractivity contribution < 1.29 is 14.3 Å². The van der Waals surface area contributed by atoms with E-state index in [4.69, 9.17) is 16.3 Å². The highest BCUT2D eigenvalue weighted by Gasteiger charge is 2.27. The molecule has 0 aliphatic rings. The molecule has 0 aliphatic heterocycles. The minimum Gasteiger partial charge on any atom is -0.407 e. The molecule has 0 saturated heterocycles. The number of aryl methyl sites for hydroxylation is 2. The first-order chi connectivity index (χ1) is 14.1. The molecule has 5 nitrogen and oxygen atoms in total. The van der Waals surface area contributed by atoms with Gasteiger partial charge in [0.1, 0.15) is 5.56 Å². The van der Waals surface area contributed by atoms with Crippen molar-refractivity contribution in [3.8, 4) is 5.88 Å². The molecule has 0 bridgehead atoms. The lowest BCUT2D eigenvalue weighted by molar-refractivity contribution is -0.134. The lowest BCUT2D eigenvalue weighted by Gasteiger charge is -2.15. The topological polar surface area (TPSA) is 61.2 Å². The molecule has 0 N–H and O–H groups in total. The van der Waals surface area contributed by atoms with E-state index < -0.39 is 0 Å². The van der Waals surface area contributed by atoms with E-state index in [2.05, 4.69) is 5.10 Å². The van der Waals surface area contributed by atoms with E-state index in [1.54, 1.807) is 23.7 Å². The zero-order chi connectivity index (χ0) is 22.6. The Kier molecular flexibility index (Phi) is 8.02. The molecule has 0 radical (unpaired) electrons. The summed E-state index contributed by atoms with van der Waals surface area (Å²) in [7, 11) is 0. The van der Waals surface area contributed by atoms with Gasteiger partial charge in [0.2, 0.25) is 11.7 Å². The third-order valence-corrected chi connectivity index (χ3v) is 5.51. The smallest absolute Gasteiger partial charge is 0.312 e. The average Bonchev–Trinajstić information content (AvgIpc) is 2.96. The summed E-state index contributed by atoms with van der Waals surface area (Å²) in [6, 6.07) is 3.48. The van der Waals surface area contributed by atoms with Gasteiger partial charge >= 0.3 is 5.97 Å². The molecule has 0 fully saturated rings. The van der Waals surface area contributed by atoms with Crippen molar-refractivity contribution in [2.24, 2.45) is 0 Å². The molecule has 1 aromatic heterocycles. The molecular formula is C24H31ClN2O3. The zero-order valence-corrected chi connectivity index (χ0v) is 19.7. The van der Waals surface area contributed by atoms with Crippen LogP contribution in [0.1, 0.15) is 86.6 Å². The molecule has 0 saturated carbocycles. The van der Waals surface area contributed by atoms with Crippen molar-refractivity contribution in [3.63, 3.8) is 0 Å². The van der Waals surface area contributed by atoms with Gasteiger partial charge in [-0.3, -0.25) is 9.59 Å². The minimum absolute atomic E-state index is 0.217. The molecular weight excluding hydrogens is 400 g/mol. The first-order valence-corrected chi connectivity index (χ1v) is 10.8. The van der Waals surface area contributed by atoms with Gasteiger partial charge in [0, 0.05) is 23.6 Å². The molecule has 0 aliphatic carbocycles. The number of carbonyl (C=O) groups is 2. The highest BCUT2D eigenvalue weighted by molar-refractivity contribution is 6.32. The quantitative estimate of drug-likeness (QED) is 0.363. The van der Waals surface area contributed by atoms with Gasteiger partial charge in [-0.25, -0.2) is 4.68 Å². The number of rotatable bonds is 8. The van der Waals surface area contributed by atoms with Crippen LogP contribution in [-0.4, -0.2) is 21.5 Å². The van der Waals surface area contributed by atoms with Gasteiger partial charge in [-0.15, -0.1) is 0 Å². The Labute approximate surface area is 184 Å². The van der Waals surface area contributed by atoms with Gasteiger partial charge in [-0.2, -0.15) is 5.10 Å². The number of ether oxygens (including phenoxy) is 1. The summed E-state index contributed by atoms with van der Waals surface area (Å²) in [4.78, 5) is 25.8. The molecule has 1 aromatic carbocycles. The molecule has 6 heteroatoms. The molecule has 0 spiro atoms. The monoisotopic (exact) mass is 430 g/mol. The molecule has 2 aromatic rings. The number of benzene rings is 1. The molecule has 0 amide bonds. The third kappa shape index (κ3) is 4.84. The summed E-state index contributed by atoms with van der Waals surface area (Å²) in [6.07, 6.45) is 1.76. The minimum atomic E-state index is -0.363. The Hall–Kier alpha value is -2.40. The lowest BCUT2D eigenvalue weighted by atomic mass is 9.91. The van der Waals surface area contributed by atoms with Gasteiger partial charge in [0.25, 0.3) is 0 Å². The summed E-state index contributed by atoms with van der Waals surface area (Å²) in [6.45, 7) is 14.2. The maximum Gasteiger partial charge on any atom is 0.312 e. The molecule has 2 rings (SSSR count). The van der Waals surface area contributed by atoms with Gasteiger partial charge in [-0.1, -0.05) is 31.0 Å². The van der Waals surface area contributed by atoms with Crippen LogP contribution in [0.3, 0.4) is 0 Å². The highest BCUT2D eigenvalue weighted by atomic mass is 35.5. The molecule has 0 atom stereocenters. The van der Waals surface area contributed by atoms with Gasteiger partial charge in [0.05, 0.1) is 5.69 Å². The Bertz CT molecular complexity index is 998. The van der Waals surface area contributed by atoms with E-state index in [9.17, 15) is 9.59 Å². The number of allylic oxidation sites excluding steroid dienone is 2. The Morgan fingerprint density at radius 1 is 1.07 bits per heavy atom. The number of carbonyl (C=O) groups excluding carboxylic acids is 2. The van der Waals surface area contributed by atoms with Crippen molar-refractivity contribution in [2.45, 2.75) is 74.3 Å². The Balaban J connectivity index is 2.65. The Morgan fingerprint density at radius 3 is 2.30 bits per heavy atom. The standard InChI is InChI=1S/C24H31ClN2O3/c1-8-10-20(28)30-24-22(17(7)26-27(24)13-9-2)23(29)18-11-12-19(25)21(16(18)6)15(5)14(3)4/h11-12H,8-10,13H2,1-7H3. The van der Waals surface area contributed by atoms with E-state index >= 15 is 0 Å². The van der Waals surface area contributed by atoms with Crippen molar-refractivity contribution >= 4 is 28.9 Å². The van der Waals surface area contributed by atoms with Crippen LogP contribution in [0.4, 0.5) is 0 Å². The first kappa shape index (κ1) is 23.9. The highest BCUT2D eigenvalue weighted by Crippen LogP contribution is 2.34. The largest absolute Gasteiger partial charge is 0.407 e. The summed E-state index contributed by atoms with van der Waals surface area (Å²) in [5, 5.41) is 5.08. The lowest BCUT2D eigenvalue weighted by Crippen LogP contribution is -2.15. The van der Waals surface area contributed by atoms with Crippen LogP contribution >= 0.6 is 11.6 Å². The molecule has 30 heavy (non-hydrogen) atoms.